The normalized spacial score (nSPS) is 10.9. The molecular weight excluding hydrogens is 354 g/mol. The van der Waals surface area contributed by atoms with E-state index in [1.165, 1.54) is 0 Å². The quantitative estimate of drug-likeness (QED) is 0.418. The van der Waals surface area contributed by atoms with Gasteiger partial charge in [0.1, 0.15) is 5.75 Å². The molecule has 7 nitrogen and oxygen atoms in total. The van der Waals surface area contributed by atoms with Gasteiger partial charge in [0.2, 0.25) is 0 Å². The van der Waals surface area contributed by atoms with Gasteiger partial charge in [0.15, 0.2) is 12.4 Å². The maximum Gasteiger partial charge on any atom is 0.178 e. The van der Waals surface area contributed by atoms with E-state index < -0.39 is 0 Å². The van der Waals surface area contributed by atoms with Gasteiger partial charge < -0.3 is 9.57 Å². The van der Waals surface area contributed by atoms with Crippen molar-refractivity contribution < 1.29 is 9.57 Å². The number of aryl methyl sites for hydroxylation is 1. The summed E-state index contributed by atoms with van der Waals surface area (Å²) in [7, 11) is 0. The average molecular weight is 375 g/mol. The van der Waals surface area contributed by atoms with Gasteiger partial charge in [0, 0.05) is 16.8 Å². The molecule has 0 saturated heterocycles. The SMILES string of the molecule is c1ccc(OCCCCc2nnn(OCc3ccc4ccccc4n3)n2)cc1. The van der Waals surface area contributed by atoms with Crippen molar-refractivity contribution in [3.63, 3.8) is 0 Å². The number of unbranched alkanes of at least 4 members (excludes halogenated alkanes) is 1. The van der Waals surface area contributed by atoms with Gasteiger partial charge >= 0.3 is 0 Å². The van der Waals surface area contributed by atoms with Crippen molar-refractivity contribution in [2.24, 2.45) is 0 Å². The summed E-state index contributed by atoms with van der Waals surface area (Å²) in [5.74, 6) is 1.55. The molecule has 0 bridgehead atoms. The number of rotatable bonds is 9. The first-order chi connectivity index (χ1) is 13.9. The summed E-state index contributed by atoms with van der Waals surface area (Å²) >= 11 is 0. The number of hydrogen-bond acceptors (Lipinski definition) is 6. The molecule has 2 heterocycles. The van der Waals surface area contributed by atoms with Crippen molar-refractivity contribution in [2.75, 3.05) is 6.61 Å². The fourth-order valence-corrected chi connectivity index (χ4v) is 2.79. The van der Waals surface area contributed by atoms with Crippen molar-refractivity contribution in [2.45, 2.75) is 25.9 Å². The first kappa shape index (κ1) is 17.9. The zero-order chi connectivity index (χ0) is 19.0. The predicted molar refractivity (Wildman–Crippen MR) is 105 cm³/mol. The van der Waals surface area contributed by atoms with Gasteiger partial charge in [-0.3, -0.25) is 0 Å². The Morgan fingerprint density at radius 2 is 1.71 bits per heavy atom. The maximum absolute atomic E-state index is 5.67. The van der Waals surface area contributed by atoms with Crippen LogP contribution in [0.2, 0.25) is 0 Å². The van der Waals surface area contributed by atoms with Gasteiger partial charge in [0.05, 0.1) is 17.8 Å². The van der Waals surface area contributed by atoms with Crippen LogP contribution in [0.15, 0.2) is 66.7 Å². The molecule has 4 aromatic rings. The Labute approximate surface area is 162 Å². The van der Waals surface area contributed by atoms with Crippen molar-refractivity contribution in [1.29, 1.82) is 0 Å². The fourth-order valence-electron chi connectivity index (χ4n) is 2.79. The molecule has 28 heavy (non-hydrogen) atoms. The molecule has 0 fully saturated rings. The lowest BCUT2D eigenvalue weighted by Crippen LogP contribution is -2.15. The monoisotopic (exact) mass is 375 g/mol. The van der Waals surface area contributed by atoms with Crippen LogP contribution in [0.3, 0.4) is 0 Å². The summed E-state index contributed by atoms with van der Waals surface area (Å²) in [5, 5.41) is 13.3. The van der Waals surface area contributed by atoms with E-state index in [1.807, 2.05) is 66.7 Å². The van der Waals surface area contributed by atoms with E-state index in [1.54, 1.807) is 0 Å². The third kappa shape index (κ3) is 4.82. The lowest BCUT2D eigenvalue weighted by atomic mass is 10.2. The van der Waals surface area contributed by atoms with Gasteiger partial charge in [-0.15, -0.1) is 5.10 Å². The Hall–Kier alpha value is -3.48. The standard InChI is InChI=1S/C21H21N5O2/c1-2-9-19(10-3-1)27-15-7-6-12-21-23-25-26(24-21)28-16-18-14-13-17-8-4-5-11-20(17)22-18/h1-5,8-11,13-14H,6-7,12,15-16H2. The molecule has 0 aliphatic rings. The second-order valence-electron chi connectivity index (χ2n) is 6.35. The summed E-state index contributed by atoms with van der Waals surface area (Å²) in [6.45, 7) is 0.952. The summed E-state index contributed by atoms with van der Waals surface area (Å²) in [4.78, 5) is 11.3. The van der Waals surface area contributed by atoms with E-state index in [9.17, 15) is 0 Å². The van der Waals surface area contributed by atoms with Gasteiger partial charge in [-0.2, -0.15) is 0 Å². The molecule has 2 aromatic heterocycles. The molecule has 7 heteroatoms. The highest BCUT2D eigenvalue weighted by Crippen LogP contribution is 2.12. The van der Waals surface area contributed by atoms with Crippen molar-refractivity contribution in [3.8, 4) is 5.75 Å². The highest BCUT2D eigenvalue weighted by atomic mass is 16.7. The fraction of sp³-hybridized carbons (Fsp3) is 0.238. The van der Waals surface area contributed by atoms with Gasteiger partial charge in [0.25, 0.3) is 0 Å². The highest BCUT2D eigenvalue weighted by molar-refractivity contribution is 5.78. The molecule has 142 valence electrons. The molecule has 0 radical (unpaired) electrons. The van der Waals surface area contributed by atoms with E-state index in [0.29, 0.717) is 12.4 Å². The number of pyridine rings is 1. The first-order valence-electron chi connectivity index (χ1n) is 9.31. The molecule has 0 N–H and O–H groups in total. The average Bonchev–Trinajstić information content (AvgIpc) is 3.20. The third-order valence-corrected chi connectivity index (χ3v) is 4.23. The molecule has 4 rings (SSSR count). The number of nitrogens with zero attached hydrogens (tertiary/aromatic N) is 5. The van der Waals surface area contributed by atoms with Crippen LogP contribution in [-0.4, -0.2) is 32.0 Å². The zero-order valence-corrected chi connectivity index (χ0v) is 15.4. The molecular formula is C21H21N5O2. The molecule has 0 saturated carbocycles. The molecule has 0 atom stereocenters. The van der Waals surface area contributed by atoms with Gasteiger partial charge in [-0.25, -0.2) is 4.98 Å². The third-order valence-electron chi connectivity index (χ3n) is 4.23. The Kier molecular flexibility index (Phi) is 5.72. The van der Waals surface area contributed by atoms with Crippen LogP contribution in [0.25, 0.3) is 10.9 Å². The Balaban J connectivity index is 1.20. The topological polar surface area (TPSA) is 75.0 Å². The number of tetrazole rings is 1. The number of hydrogen-bond donors (Lipinski definition) is 0. The summed E-state index contributed by atoms with van der Waals surface area (Å²) in [5.41, 5.74) is 1.75. The van der Waals surface area contributed by atoms with Crippen LogP contribution in [0.1, 0.15) is 24.4 Å². The van der Waals surface area contributed by atoms with Crippen LogP contribution in [0, 0.1) is 0 Å². The smallest absolute Gasteiger partial charge is 0.178 e. The molecule has 0 unspecified atom stereocenters. The second kappa shape index (κ2) is 8.94. The molecule has 2 aromatic carbocycles. The summed E-state index contributed by atoms with van der Waals surface area (Å²) in [6, 6.07) is 21.7. The predicted octanol–water partition coefficient (Wildman–Crippen LogP) is 3.25. The van der Waals surface area contributed by atoms with Crippen LogP contribution in [-0.2, 0) is 13.0 Å². The number of benzene rings is 2. The molecule has 0 aliphatic carbocycles. The van der Waals surface area contributed by atoms with Gasteiger partial charge in [-0.05, 0) is 42.3 Å². The minimum Gasteiger partial charge on any atom is -0.494 e. The van der Waals surface area contributed by atoms with Crippen molar-refractivity contribution >= 4 is 10.9 Å². The lowest BCUT2D eigenvalue weighted by molar-refractivity contribution is 0.0364. The first-order valence-corrected chi connectivity index (χ1v) is 9.31. The number of para-hydroxylation sites is 2. The Bertz CT molecular complexity index is 1020. The maximum atomic E-state index is 5.67. The van der Waals surface area contributed by atoms with E-state index in [-0.39, 0.29) is 6.61 Å². The Morgan fingerprint density at radius 3 is 2.64 bits per heavy atom. The van der Waals surface area contributed by atoms with E-state index in [4.69, 9.17) is 9.57 Å². The zero-order valence-electron chi connectivity index (χ0n) is 15.4. The van der Waals surface area contributed by atoms with E-state index >= 15 is 0 Å². The summed E-state index contributed by atoms with van der Waals surface area (Å²) < 4.78 is 5.67. The molecule has 0 amide bonds. The van der Waals surface area contributed by atoms with E-state index in [2.05, 4.69) is 20.4 Å². The van der Waals surface area contributed by atoms with Crippen LogP contribution in [0.4, 0.5) is 0 Å². The largest absolute Gasteiger partial charge is 0.494 e. The van der Waals surface area contributed by atoms with Crippen molar-refractivity contribution in [3.05, 3.63) is 78.2 Å². The highest BCUT2D eigenvalue weighted by Gasteiger charge is 2.05. The minimum atomic E-state index is 0.283. The van der Waals surface area contributed by atoms with Crippen molar-refractivity contribution in [1.82, 2.24) is 25.4 Å². The van der Waals surface area contributed by atoms with Crippen LogP contribution < -0.4 is 9.57 Å². The Morgan fingerprint density at radius 1 is 0.857 bits per heavy atom. The summed E-state index contributed by atoms with van der Waals surface area (Å²) in [6.07, 6.45) is 2.58. The second-order valence-corrected chi connectivity index (χ2v) is 6.35. The van der Waals surface area contributed by atoms with Gasteiger partial charge in [-0.1, -0.05) is 47.6 Å². The minimum absolute atomic E-state index is 0.283. The molecule has 0 spiro atoms. The number of fused-ring (bicyclic) bond motifs is 1. The molecule has 0 aliphatic heterocycles. The van der Waals surface area contributed by atoms with Crippen LogP contribution in [0.5, 0.6) is 5.75 Å². The number of aromatic nitrogens is 5. The lowest BCUT2D eigenvalue weighted by Gasteiger charge is -2.04. The van der Waals surface area contributed by atoms with Crippen LogP contribution >= 0.6 is 0 Å². The number of ether oxygens (including phenoxy) is 1. The van der Waals surface area contributed by atoms with E-state index in [0.717, 1.165) is 46.6 Å².